The first-order chi connectivity index (χ1) is 8.99. The number of ether oxygens (including phenoxy) is 1. The zero-order valence-electron chi connectivity index (χ0n) is 12.8. The molecule has 0 radical (unpaired) electrons. The zero-order valence-corrected chi connectivity index (χ0v) is 13.6. The fourth-order valence-corrected chi connectivity index (χ4v) is 4.20. The van der Waals surface area contributed by atoms with Crippen LogP contribution < -0.4 is 5.32 Å². The van der Waals surface area contributed by atoms with Gasteiger partial charge in [-0.2, -0.15) is 0 Å². The number of hydrogen-bond acceptors (Lipinski definition) is 4. The first-order valence-electron chi connectivity index (χ1n) is 7.56. The van der Waals surface area contributed by atoms with Gasteiger partial charge in [0.05, 0.1) is 5.60 Å². The van der Waals surface area contributed by atoms with E-state index in [2.05, 4.69) is 33.0 Å². The van der Waals surface area contributed by atoms with Gasteiger partial charge in [0.15, 0.2) is 5.17 Å². The van der Waals surface area contributed by atoms with Crippen molar-refractivity contribution in [2.45, 2.75) is 65.0 Å². The van der Waals surface area contributed by atoms with Crippen molar-refractivity contribution in [2.75, 3.05) is 18.9 Å². The summed E-state index contributed by atoms with van der Waals surface area (Å²) >= 11 is 1.91. The van der Waals surface area contributed by atoms with E-state index in [4.69, 9.17) is 9.73 Å². The largest absolute Gasteiger partial charge is 0.375 e. The fourth-order valence-electron chi connectivity index (χ4n) is 2.85. The van der Waals surface area contributed by atoms with Crippen LogP contribution in [0.4, 0.5) is 0 Å². The van der Waals surface area contributed by atoms with Crippen molar-refractivity contribution in [1.82, 2.24) is 5.32 Å². The highest BCUT2D eigenvalue weighted by Gasteiger charge is 2.33. The highest BCUT2D eigenvalue weighted by molar-refractivity contribution is 8.13. The summed E-state index contributed by atoms with van der Waals surface area (Å²) in [4.78, 5) is 4.79. The summed E-state index contributed by atoms with van der Waals surface area (Å²) in [6.07, 6.45) is 4.63. The molecule has 0 bridgehead atoms. The lowest BCUT2D eigenvalue weighted by Gasteiger charge is -2.38. The summed E-state index contributed by atoms with van der Waals surface area (Å²) in [5.74, 6) is 1.21. The molecular weight excluding hydrogens is 256 g/mol. The Morgan fingerprint density at radius 1 is 1.37 bits per heavy atom. The van der Waals surface area contributed by atoms with Gasteiger partial charge in [-0.1, -0.05) is 25.6 Å². The Kier molecular flexibility index (Phi) is 4.83. The summed E-state index contributed by atoms with van der Waals surface area (Å²) in [6.45, 7) is 10.8. The van der Waals surface area contributed by atoms with Gasteiger partial charge in [-0.3, -0.25) is 4.99 Å². The lowest BCUT2D eigenvalue weighted by Crippen LogP contribution is -2.46. The quantitative estimate of drug-likeness (QED) is 0.862. The minimum Gasteiger partial charge on any atom is -0.375 e. The highest BCUT2D eigenvalue weighted by Crippen LogP contribution is 2.35. The van der Waals surface area contributed by atoms with Gasteiger partial charge in [-0.25, -0.2) is 0 Å². The average Bonchev–Trinajstić information content (AvgIpc) is 2.39. The highest BCUT2D eigenvalue weighted by atomic mass is 32.2. The van der Waals surface area contributed by atoms with Gasteiger partial charge in [0.2, 0.25) is 0 Å². The predicted octanol–water partition coefficient (Wildman–Crippen LogP) is 3.44. The molecule has 1 atom stereocenters. The summed E-state index contributed by atoms with van der Waals surface area (Å²) in [6, 6.07) is 0.519. The van der Waals surface area contributed by atoms with Gasteiger partial charge in [-0.05, 0) is 44.9 Å². The molecule has 1 saturated heterocycles. The Labute approximate surface area is 122 Å². The molecule has 0 aromatic heterocycles. The molecule has 2 aliphatic heterocycles. The molecule has 4 heteroatoms. The first-order valence-corrected chi connectivity index (χ1v) is 8.55. The first kappa shape index (κ1) is 15.2. The van der Waals surface area contributed by atoms with Crippen LogP contribution in [0.1, 0.15) is 53.4 Å². The van der Waals surface area contributed by atoms with E-state index in [9.17, 15) is 0 Å². The smallest absolute Gasteiger partial charge is 0.156 e. The number of thioether (sulfide) groups is 1. The van der Waals surface area contributed by atoms with Crippen molar-refractivity contribution < 1.29 is 4.74 Å². The Hall–Kier alpha value is -0.220. The molecule has 110 valence electrons. The number of nitrogens with one attached hydrogen (secondary N) is 1. The molecule has 0 aromatic rings. The third-order valence-electron chi connectivity index (χ3n) is 4.60. The molecule has 0 amide bonds. The van der Waals surface area contributed by atoms with Crippen LogP contribution in [0, 0.1) is 5.41 Å². The van der Waals surface area contributed by atoms with Crippen molar-refractivity contribution >= 4 is 16.9 Å². The fraction of sp³-hybridized carbons (Fsp3) is 0.933. The maximum atomic E-state index is 5.77. The van der Waals surface area contributed by atoms with E-state index in [1.54, 1.807) is 0 Å². The number of amidine groups is 1. The monoisotopic (exact) mass is 284 g/mol. The minimum atomic E-state index is 0.00635. The van der Waals surface area contributed by atoms with Gasteiger partial charge in [0.25, 0.3) is 0 Å². The number of nitrogens with zero attached hydrogens (tertiary/aromatic N) is 1. The second kappa shape index (κ2) is 6.04. The van der Waals surface area contributed by atoms with Gasteiger partial charge in [0, 0.05) is 24.9 Å². The van der Waals surface area contributed by atoms with Gasteiger partial charge in [-0.15, -0.1) is 0 Å². The van der Waals surface area contributed by atoms with Crippen molar-refractivity contribution in [3.8, 4) is 0 Å². The lowest BCUT2D eigenvalue weighted by molar-refractivity contribution is -0.0603. The molecule has 0 spiro atoms. The van der Waals surface area contributed by atoms with E-state index in [0.29, 0.717) is 11.5 Å². The van der Waals surface area contributed by atoms with Crippen molar-refractivity contribution in [2.24, 2.45) is 10.4 Å². The van der Waals surface area contributed by atoms with Crippen molar-refractivity contribution in [3.05, 3.63) is 0 Å². The molecule has 2 rings (SSSR count). The number of aliphatic imine (C=N–C) groups is 1. The normalized spacial score (nSPS) is 29.7. The second-order valence-electron chi connectivity index (χ2n) is 6.56. The summed E-state index contributed by atoms with van der Waals surface area (Å²) in [5.41, 5.74) is 0.442. The van der Waals surface area contributed by atoms with Crippen LogP contribution in [0.15, 0.2) is 4.99 Å². The zero-order chi connectivity index (χ0) is 13.9. The molecule has 1 fully saturated rings. The van der Waals surface area contributed by atoms with Gasteiger partial charge in [0.1, 0.15) is 0 Å². The van der Waals surface area contributed by atoms with E-state index in [0.717, 1.165) is 31.2 Å². The Bertz CT molecular complexity index is 337. The predicted molar refractivity (Wildman–Crippen MR) is 84.0 cm³/mol. The lowest BCUT2D eigenvalue weighted by atomic mass is 9.84. The molecule has 0 saturated carbocycles. The number of rotatable bonds is 3. The van der Waals surface area contributed by atoms with Gasteiger partial charge < -0.3 is 10.1 Å². The van der Waals surface area contributed by atoms with Crippen molar-refractivity contribution in [1.29, 1.82) is 0 Å². The van der Waals surface area contributed by atoms with Crippen LogP contribution in [0.2, 0.25) is 0 Å². The third kappa shape index (κ3) is 3.88. The van der Waals surface area contributed by atoms with E-state index >= 15 is 0 Å². The van der Waals surface area contributed by atoms with Crippen LogP contribution in [-0.4, -0.2) is 35.7 Å². The maximum absolute atomic E-state index is 5.77. The molecule has 2 aliphatic rings. The Balaban J connectivity index is 1.89. The molecule has 1 N–H and O–H groups in total. The third-order valence-corrected chi connectivity index (χ3v) is 5.87. The topological polar surface area (TPSA) is 33.6 Å². The summed E-state index contributed by atoms with van der Waals surface area (Å²) in [7, 11) is 0. The van der Waals surface area contributed by atoms with Crippen LogP contribution in [-0.2, 0) is 4.74 Å². The van der Waals surface area contributed by atoms with Crippen LogP contribution in [0.3, 0.4) is 0 Å². The van der Waals surface area contributed by atoms with E-state index in [-0.39, 0.29) is 5.60 Å². The minimum absolute atomic E-state index is 0.00635. The van der Waals surface area contributed by atoms with Crippen LogP contribution in [0.5, 0.6) is 0 Å². The Morgan fingerprint density at radius 2 is 2.11 bits per heavy atom. The van der Waals surface area contributed by atoms with Crippen LogP contribution >= 0.6 is 11.8 Å². The summed E-state index contributed by atoms with van der Waals surface area (Å²) in [5, 5.41) is 4.79. The molecule has 1 unspecified atom stereocenters. The Morgan fingerprint density at radius 3 is 2.63 bits per heavy atom. The second-order valence-corrected chi connectivity index (χ2v) is 7.52. The molecule has 3 nitrogen and oxygen atoms in total. The SMILES string of the molecule is CCC1(CC)CN=C(NC2CCOC(C)(C)C2)SC1. The van der Waals surface area contributed by atoms with Gasteiger partial charge >= 0.3 is 0 Å². The molecule has 2 heterocycles. The molecule has 19 heavy (non-hydrogen) atoms. The molecular formula is C15H28N2OS. The van der Waals surface area contributed by atoms with Crippen LogP contribution in [0.25, 0.3) is 0 Å². The number of hydrogen-bond donors (Lipinski definition) is 1. The average molecular weight is 284 g/mol. The molecule has 0 aliphatic carbocycles. The van der Waals surface area contributed by atoms with E-state index in [1.165, 1.54) is 18.6 Å². The summed E-state index contributed by atoms with van der Waals surface area (Å²) < 4.78 is 5.77. The maximum Gasteiger partial charge on any atom is 0.156 e. The van der Waals surface area contributed by atoms with E-state index in [1.807, 2.05) is 11.8 Å². The standard InChI is InChI=1S/C15H28N2OS/c1-5-15(6-2)10-16-13(19-11-15)17-12-7-8-18-14(3,4)9-12/h12H,5-11H2,1-4H3,(H,16,17). The van der Waals surface area contributed by atoms with Crippen molar-refractivity contribution in [3.63, 3.8) is 0 Å². The van der Waals surface area contributed by atoms with E-state index < -0.39 is 0 Å². The molecule has 0 aromatic carbocycles.